The first-order valence-electron chi connectivity index (χ1n) is 5.88. The second-order valence-corrected chi connectivity index (χ2v) is 6.73. The molecular weight excluding hydrogens is 264 g/mol. The lowest BCUT2D eigenvalue weighted by Crippen LogP contribution is -2.42. The van der Waals surface area contributed by atoms with Crippen molar-refractivity contribution in [3.8, 4) is 0 Å². The third-order valence-electron chi connectivity index (χ3n) is 3.46. The monoisotopic (exact) mass is 284 g/mol. The molecule has 2 atom stereocenters. The Morgan fingerprint density at radius 2 is 2.12 bits per heavy atom. The normalized spacial score (nSPS) is 31.1. The van der Waals surface area contributed by atoms with Crippen LogP contribution in [0.4, 0.5) is 0 Å². The van der Waals surface area contributed by atoms with Gasteiger partial charge in [-0.2, -0.15) is 4.31 Å². The minimum Gasteiger partial charge on any atom is -0.380 e. The molecule has 0 saturated carbocycles. The summed E-state index contributed by atoms with van der Waals surface area (Å²) in [7, 11) is -1.26. The van der Waals surface area contributed by atoms with Crippen molar-refractivity contribution in [2.75, 3.05) is 33.4 Å². The van der Waals surface area contributed by atoms with Crippen LogP contribution in [0.25, 0.3) is 0 Å². The average molecular weight is 285 g/mol. The van der Waals surface area contributed by atoms with Crippen LogP contribution in [0.5, 0.6) is 0 Å². The number of halogens is 1. The summed E-state index contributed by atoms with van der Waals surface area (Å²) in [5.74, 6) is 0. The molecule has 0 aromatic heterocycles. The molecule has 2 heterocycles. The molecule has 0 amide bonds. The molecule has 1 N–H and O–H groups in total. The molecule has 5 nitrogen and oxygen atoms in total. The molecule has 2 saturated heterocycles. The van der Waals surface area contributed by atoms with E-state index in [2.05, 4.69) is 5.32 Å². The Morgan fingerprint density at radius 1 is 1.35 bits per heavy atom. The molecule has 0 bridgehead atoms. The summed E-state index contributed by atoms with van der Waals surface area (Å²) in [6, 6.07) is 0.305. The molecule has 0 aliphatic carbocycles. The molecule has 102 valence electrons. The van der Waals surface area contributed by atoms with E-state index in [9.17, 15) is 8.42 Å². The fourth-order valence-corrected chi connectivity index (χ4v) is 4.25. The third kappa shape index (κ3) is 3.32. The maximum atomic E-state index is 12.3. The maximum absolute atomic E-state index is 12.3. The van der Waals surface area contributed by atoms with Crippen LogP contribution in [0.1, 0.15) is 19.3 Å². The molecular formula is C10H21ClN2O3S. The molecule has 17 heavy (non-hydrogen) atoms. The summed E-state index contributed by atoms with van der Waals surface area (Å²) in [6.07, 6.45) is 2.50. The van der Waals surface area contributed by atoms with Gasteiger partial charge in [0.15, 0.2) is 0 Å². The zero-order chi connectivity index (χ0) is 11.6. The first-order valence-corrected chi connectivity index (χ1v) is 7.39. The van der Waals surface area contributed by atoms with E-state index in [1.54, 1.807) is 4.31 Å². The number of sulfonamides is 1. The summed E-state index contributed by atoms with van der Waals surface area (Å²) >= 11 is 0. The highest BCUT2D eigenvalue weighted by Crippen LogP contribution is 2.22. The Balaban J connectivity index is 0.00000144. The zero-order valence-electron chi connectivity index (χ0n) is 10.1. The smallest absolute Gasteiger partial charge is 0.219 e. The van der Waals surface area contributed by atoms with Gasteiger partial charge in [-0.15, -0.1) is 12.4 Å². The van der Waals surface area contributed by atoms with Crippen LogP contribution in [0.2, 0.25) is 0 Å². The van der Waals surface area contributed by atoms with Crippen LogP contribution < -0.4 is 5.32 Å². The van der Waals surface area contributed by atoms with E-state index in [0.29, 0.717) is 32.3 Å². The standard InChI is InChI=1S/C10H20N2O3S.ClH/c1-11-9-4-5-12(7-9)16(13,14)10-3-2-6-15-8-10;/h9-11H,2-8H2,1H3;1H. The number of ether oxygens (including phenoxy) is 1. The van der Waals surface area contributed by atoms with Gasteiger partial charge in [0.25, 0.3) is 0 Å². The highest BCUT2D eigenvalue weighted by molar-refractivity contribution is 7.89. The van der Waals surface area contributed by atoms with E-state index in [1.165, 1.54) is 0 Å². The largest absolute Gasteiger partial charge is 0.380 e. The summed E-state index contributed by atoms with van der Waals surface area (Å²) < 4.78 is 31.4. The highest BCUT2D eigenvalue weighted by Gasteiger charge is 2.37. The number of hydrogen-bond donors (Lipinski definition) is 1. The van der Waals surface area contributed by atoms with Crippen molar-refractivity contribution in [2.24, 2.45) is 0 Å². The van der Waals surface area contributed by atoms with Crippen molar-refractivity contribution >= 4 is 22.4 Å². The van der Waals surface area contributed by atoms with E-state index in [0.717, 1.165) is 19.3 Å². The Labute approximate surface area is 109 Å². The molecule has 2 fully saturated rings. The second-order valence-electron chi connectivity index (χ2n) is 4.52. The number of nitrogens with one attached hydrogen (secondary N) is 1. The van der Waals surface area contributed by atoms with Crippen LogP contribution in [0, 0.1) is 0 Å². The lowest BCUT2D eigenvalue weighted by molar-refractivity contribution is 0.0977. The van der Waals surface area contributed by atoms with Gasteiger partial charge in [-0.05, 0) is 26.3 Å². The van der Waals surface area contributed by atoms with Gasteiger partial charge in [0.05, 0.1) is 11.9 Å². The summed E-state index contributed by atoms with van der Waals surface area (Å²) in [5, 5.41) is 2.81. The van der Waals surface area contributed by atoms with E-state index < -0.39 is 10.0 Å². The van der Waals surface area contributed by atoms with Crippen LogP contribution in [-0.2, 0) is 14.8 Å². The van der Waals surface area contributed by atoms with Crippen LogP contribution in [-0.4, -0.2) is 57.4 Å². The molecule has 7 heteroatoms. The van der Waals surface area contributed by atoms with Crippen molar-refractivity contribution < 1.29 is 13.2 Å². The summed E-state index contributed by atoms with van der Waals surface area (Å²) in [5.41, 5.74) is 0. The van der Waals surface area contributed by atoms with E-state index in [-0.39, 0.29) is 17.7 Å². The molecule has 0 spiro atoms. The van der Waals surface area contributed by atoms with Crippen molar-refractivity contribution in [3.05, 3.63) is 0 Å². The quantitative estimate of drug-likeness (QED) is 0.805. The summed E-state index contributed by atoms with van der Waals surface area (Å²) in [6.45, 7) is 2.31. The lowest BCUT2D eigenvalue weighted by atomic mass is 10.2. The van der Waals surface area contributed by atoms with Gasteiger partial charge in [0.2, 0.25) is 10.0 Å². The van der Waals surface area contributed by atoms with Gasteiger partial charge in [-0.25, -0.2) is 8.42 Å². The fourth-order valence-electron chi connectivity index (χ4n) is 2.35. The number of likely N-dealkylation sites (N-methyl/N-ethyl adjacent to an activating group) is 1. The van der Waals surface area contributed by atoms with E-state index in [4.69, 9.17) is 4.74 Å². The molecule has 0 aromatic rings. The van der Waals surface area contributed by atoms with Crippen molar-refractivity contribution in [3.63, 3.8) is 0 Å². The van der Waals surface area contributed by atoms with Crippen LogP contribution in [0.15, 0.2) is 0 Å². The van der Waals surface area contributed by atoms with Gasteiger partial charge in [-0.3, -0.25) is 0 Å². The Hall–Kier alpha value is 0.120. The van der Waals surface area contributed by atoms with Gasteiger partial charge in [0.1, 0.15) is 0 Å². The number of rotatable bonds is 3. The molecule has 0 radical (unpaired) electrons. The topological polar surface area (TPSA) is 58.6 Å². The highest BCUT2D eigenvalue weighted by atomic mass is 35.5. The van der Waals surface area contributed by atoms with E-state index >= 15 is 0 Å². The molecule has 2 rings (SSSR count). The predicted octanol–water partition coefficient (Wildman–Crippen LogP) is 0.211. The van der Waals surface area contributed by atoms with Gasteiger partial charge < -0.3 is 10.1 Å². The van der Waals surface area contributed by atoms with Crippen molar-refractivity contribution in [1.29, 1.82) is 0 Å². The summed E-state index contributed by atoms with van der Waals surface area (Å²) in [4.78, 5) is 0. The van der Waals surface area contributed by atoms with Gasteiger partial charge >= 0.3 is 0 Å². The second kappa shape index (κ2) is 6.33. The zero-order valence-corrected chi connectivity index (χ0v) is 11.7. The van der Waals surface area contributed by atoms with E-state index in [1.807, 2.05) is 7.05 Å². The van der Waals surface area contributed by atoms with Crippen LogP contribution >= 0.6 is 12.4 Å². The van der Waals surface area contributed by atoms with Crippen LogP contribution in [0.3, 0.4) is 0 Å². The minimum absolute atomic E-state index is 0. The lowest BCUT2D eigenvalue weighted by Gasteiger charge is -2.27. The van der Waals surface area contributed by atoms with Crippen molar-refractivity contribution in [1.82, 2.24) is 9.62 Å². The minimum atomic E-state index is -3.14. The molecule has 2 aliphatic rings. The van der Waals surface area contributed by atoms with Gasteiger partial charge in [-0.1, -0.05) is 0 Å². The predicted molar refractivity (Wildman–Crippen MR) is 69.0 cm³/mol. The molecule has 2 unspecified atom stereocenters. The first-order chi connectivity index (χ1) is 7.64. The third-order valence-corrected chi connectivity index (χ3v) is 5.72. The average Bonchev–Trinajstić information content (AvgIpc) is 2.79. The Bertz CT molecular complexity index is 330. The van der Waals surface area contributed by atoms with Gasteiger partial charge in [0, 0.05) is 25.7 Å². The molecule has 0 aromatic carbocycles. The Kier molecular flexibility index (Phi) is 5.66. The number of hydrogen-bond acceptors (Lipinski definition) is 4. The SMILES string of the molecule is CNC1CCN(S(=O)(=O)C2CCCOC2)C1.Cl. The van der Waals surface area contributed by atoms with Crippen molar-refractivity contribution in [2.45, 2.75) is 30.6 Å². The first kappa shape index (κ1) is 15.2. The Morgan fingerprint density at radius 3 is 2.65 bits per heavy atom. The maximum Gasteiger partial charge on any atom is 0.219 e. The molecule has 2 aliphatic heterocycles. The fraction of sp³-hybridized carbons (Fsp3) is 1.00. The number of nitrogens with zero attached hydrogens (tertiary/aromatic N) is 1.